The van der Waals surface area contributed by atoms with Crippen LogP contribution >= 0.6 is 12.4 Å². The molecule has 0 heterocycles. The van der Waals surface area contributed by atoms with Crippen LogP contribution in [0.15, 0.2) is 24.3 Å². The highest BCUT2D eigenvalue weighted by Crippen LogP contribution is 2.24. The molecule has 3 heteroatoms. The maximum Gasteiger partial charge on any atom is 0.124 e. The Hall–Kier alpha value is -0.730. The second-order valence-corrected chi connectivity index (χ2v) is 2.99. The van der Waals surface area contributed by atoms with Crippen molar-refractivity contribution in [1.29, 1.82) is 0 Å². The van der Waals surface area contributed by atoms with Crippen LogP contribution in [0.2, 0.25) is 0 Å². The number of hydrogen-bond acceptors (Lipinski definition) is 2. The van der Waals surface area contributed by atoms with Crippen LogP contribution in [0.1, 0.15) is 31.9 Å². The zero-order valence-electron chi connectivity index (χ0n) is 8.69. The molecule has 0 radical (unpaired) electrons. The monoisotopic (exact) mass is 215 g/mol. The summed E-state index contributed by atoms with van der Waals surface area (Å²) < 4.78 is 5.48. The van der Waals surface area contributed by atoms with E-state index in [2.05, 4.69) is 6.92 Å². The van der Waals surface area contributed by atoms with Crippen molar-refractivity contribution in [2.24, 2.45) is 5.73 Å². The fourth-order valence-corrected chi connectivity index (χ4v) is 1.29. The summed E-state index contributed by atoms with van der Waals surface area (Å²) in [7, 11) is 0. The summed E-state index contributed by atoms with van der Waals surface area (Å²) in [4.78, 5) is 0. The first-order valence-electron chi connectivity index (χ1n) is 4.76. The van der Waals surface area contributed by atoms with Crippen molar-refractivity contribution < 1.29 is 4.74 Å². The van der Waals surface area contributed by atoms with E-state index in [0.29, 0.717) is 6.61 Å². The standard InChI is InChI=1S/C11H17NO.ClH/c1-3-10(12)9-7-5-6-8-11(9)13-4-2;/h5-8,10H,3-4,12H2,1-2H3;1H/t10-;/m1./s1. The summed E-state index contributed by atoms with van der Waals surface area (Å²) in [5, 5.41) is 0. The quantitative estimate of drug-likeness (QED) is 0.838. The zero-order chi connectivity index (χ0) is 9.68. The summed E-state index contributed by atoms with van der Waals surface area (Å²) in [5.74, 6) is 0.916. The maximum absolute atomic E-state index is 5.95. The summed E-state index contributed by atoms with van der Waals surface area (Å²) >= 11 is 0. The summed E-state index contributed by atoms with van der Waals surface area (Å²) in [6, 6.07) is 8.04. The van der Waals surface area contributed by atoms with Gasteiger partial charge in [-0.1, -0.05) is 25.1 Å². The minimum absolute atomic E-state index is 0. The maximum atomic E-state index is 5.95. The molecule has 0 amide bonds. The molecule has 0 saturated carbocycles. The van der Waals surface area contributed by atoms with E-state index in [-0.39, 0.29) is 18.4 Å². The van der Waals surface area contributed by atoms with Gasteiger partial charge >= 0.3 is 0 Å². The van der Waals surface area contributed by atoms with Gasteiger partial charge in [-0.15, -0.1) is 12.4 Å². The van der Waals surface area contributed by atoms with E-state index < -0.39 is 0 Å². The Labute approximate surface area is 91.9 Å². The molecule has 0 spiro atoms. The molecule has 0 aliphatic rings. The molecular formula is C11H18ClNO. The fourth-order valence-electron chi connectivity index (χ4n) is 1.29. The minimum atomic E-state index is 0. The van der Waals surface area contributed by atoms with Gasteiger partial charge in [0, 0.05) is 11.6 Å². The van der Waals surface area contributed by atoms with Gasteiger partial charge in [0.2, 0.25) is 0 Å². The Morgan fingerprint density at radius 3 is 2.50 bits per heavy atom. The van der Waals surface area contributed by atoms with Crippen molar-refractivity contribution in [2.75, 3.05) is 6.61 Å². The predicted octanol–water partition coefficient (Wildman–Crippen LogP) is 2.92. The first-order valence-corrected chi connectivity index (χ1v) is 4.76. The lowest BCUT2D eigenvalue weighted by Gasteiger charge is -2.14. The number of benzene rings is 1. The summed E-state index contributed by atoms with van der Waals surface area (Å²) in [6.45, 7) is 4.75. The third kappa shape index (κ3) is 3.20. The van der Waals surface area contributed by atoms with Crippen LogP contribution in [0, 0.1) is 0 Å². The van der Waals surface area contributed by atoms with E-state index in [1.54, 1.807) is 0 Å². The van der Waals surface area contributed by atoms with Crippen molar-refractivity contribution in [3.05, 3.63) is 29.8 Å². The van der Waals surface area contributed by atoms with Crippen LogP contribution in [-0.2, 0) is 0 Å². The van der Waals surface area contributed by atoms with Crippen molar-refractivity contribution in [2.45, 2.75) is 26.3 Å². The van der Waals surface area contributed by atoms with Gasteiger partial charge in [0.15, 0.2) is 0 Å². The third-order valence-electron chi connectivity index (χ3n) is 2.06. The molecule has 1 atom stereocenters. The van der Waals surface area contributed by atoms with E-state index in [1.807, 2.05) is 31.2 Å². The molecule has 1 aromatic carbocycles. The van der Waals surface area contributed by atoms with Crippen molar-refractivity contribution in [1.82, 2.24) is 0 Å². The largest absolute Gasteiger partial charge is 0.494 e. The van der Waals surface area contributed by atoms with E-state index >= 15 is 0 Å². The molecular weight excluding hydrogens is 198 g/mol. The Balaban J connectivity index is 0.00000169. The van der Waals surface area contributed by atoms with Crippen LogP contribution in [-0.4, -0.2) is 6.61 Å². The second kappa shape index (κ2) is 6.68. The van der Waals surface area contributed by atoms with Crippen molar-refractivity contribution in [3.8, 4) is 5.75 Å². The van der Waals surface area contributed by atoms with E-state index in [4.69, 9.17) is 10.5 Å². The van der Waals surface area contributed by atoms with Crippen LogP contribution in [0.3, 0.4) is 0 Å². The van der Waals surface area contributed by atoms with Crippen molar-refractivity contribution in [3.63, 3.8) is 0 Å². The van der Waals surface area contributed by atoms with Crippen LogP contribution < -0.4 is 10.5 Å². The highest BCUT2D eigenvalue weighted by atomic mass is 35.5. The molecule has 2 N–H and O–H groups in total. The molecule has 0 saturated heterocycles. The van der Waals surface area contributed by atoms with E-state index in [0.717, 1.165) is 17.7 Å². The Kier molecular flexibility index (Phi) is 6.34. The molecule has 1 aromatic rings. The molecule has 2 nitrogen and oxygen atoms in total. The van der Waals surface area contributed by atoms with Crippen LogP contribution in [0.5, 0.6) is 5.75 Å². The second-order valence-electron chi connectivity index (χ2n) is 2.99. The molecule has 0 unspecified atom stereocenters. The normalized spacial score (nSPS) is 11.6. The lowest BCUT2D eigenvalue weighted by molar-refractivity contribution is 0.334. The van der Waals surface area contributed by atoms with E-state index in [1.165, 1.54) is 0 Å². The lowest BCUT2D eigenvalue weighted by Crippen LogP contribution is -2.10. The fraction of sp³-hybridized carbons (Fsp3) is 0.455. The predicted molar refractivity (Wildman–Crippen MR) is 62.1 cm³/mol. The van der Waals surface area contributed by atoms with Gasteiger partial charge in [-0.3, -0.25) is 0 Å². The first kappa shape index (κ1) is 13.3. The number of halogens is 1. The van der Waals surface area contributed by atoms with Gasteiger partial charge in [0.05, 0.1) is 6.61 Å². The molecule has 0 fully saturated rings. The molecule has 0 bridgehead atoms. The Bertz CT molecular complexity index is 265. The van der Waals surface area contributed by atoms with Crippen LogP contribution in [0.4, 0.5) is 0 Å². The molecule has 14 heavy (non-hydrogen) atoms. The smallest absolute Gasteiger partial charge is 0.124 e. The summed E-state index contributed by atoms with van der Waals surface area (Å²) in [6.07, 6.45) is 0.935. The number of rotatable bonds is 4. The minimum Gasteiger partial charge on any atom is -0.494 e. The third-order valence-corrected chi connectivity index (χ3v) is 2.06. The molecule has 0 aromatic heterocycles. The average molecular weight is 216 g/mol. The first-order chi connectivity index (χ1) is 6.29. The number of ether oxygens (including phenoxy) is 1. The van der Waals surface area contributed by atoms with Gasteiger partial charge < -0.3 is 10.5 Å². The van der Waals surface area contributed by atoms with Gasteiger partial charge in [0.25, 0.3) is 0 Å². The van der Waals surface area contributed by atoms with Crippen molar-refractivity contribution >= 4 is 12.4 Å². The van der Waals surface area contributed by atoms with E-state index in [9.17, 15) is 0 Å². The lowest BCUT2D eigenvalue weighted by atomic mass is 10.0. The van der Waals surface area contributed by atoms with Gasteiger partial charge in [0.1, 0.15) is 5.75 Å². The highest BCUT2D eigenvalue weighted by Gasteiger charge is 2.08. The topological polar surface area (TPSA) is 35.2 Å². The SMILES string of the molecule is CCOc1ccccc1[C@H](N)CC.Cl. The molecule has 1 rings (SSSR count). The van der Waals surface area contributed by atoms with Gasteiger partial charge in [-0.25, -0.2) is 0 Å². The number of hydrogen-bond donors (Lipinski definition) is 1. The molecule has 80 valence electrons. The molecule has 0 aliphatic heterocycles. The number of nitrogens with two attached hydrogens (primary N) is 1. The Morgan fingerprint density at radius 1 is 1.29 bits per heavy atom. The van der Waals surface area contributed by atoms with Crippen LogP contribution in [0.25, 0.3) is 0 Å². The summed E-state index contributed by atoms with van der Waals surface area (Å²) in [5.41, 5.74) is 7.05. The number of para-hydroxylation sites is 1. The average Bonchev–Trinajstić information content (AvgIpc) is 2.18. The Morgan fingerprint density at radius 2 is 1.93 bits per heavy atom. The van der Waals surface area contributed by atoms with Gasteiger partial charge in [-0.05, 0) is 19.4 Å². The molecule has 0 aliphatic carbocycles. The zero-order valence-corrected chi connectivity index (χ0v) is 9.51. The highest BCUT2D eigenvalue weighted by molar-refractivity contribution is 5.85. The van der Waals surface area contributed by atoms with Gasteiger partial charge in [-0.2, -0.15) is 0 Å².